The van der Waals surface area contributed by atoms with Gasteiger partial charge in [0.1, 0.15) is 0 Å². The molecule has 0 amide bonds. The first-order chi connectivity index (χ1) is 13.3. The summed E-state index contributed by atoms with van der Waals surface area (Å²) in [6.45, 7) is 6.31. The fraction of sp³-hybridized carbons (Fsp3) is 0.364. The number of nitrogens with zero attached hydrogens (tertiary/aromatic N) is 4. The van der Waals surface area contributed by atoms with Gasteiger partial charge in [0.2, 0.25) is 0 Å². The zero-order chi connectivity index (χ0) is 18.5. The molecule has 1 N–H and O–H groups in total. The number of hydrogen-bond acceptors (Lipinski definition) is 4. The van der Waals surface area contributed by atoms with Crippen LogP contribution in [0.3, 0.4) is 0 Å². The van der Waals surface area contributed by atoms with E-state index in [1.165, 1.54) is 18.4 Å². The molecule has 1 fully saturated rings. The van der Waals surface area contributed by atoms with E-state index in [0.29, 0.717) is 0 Å². The van der Waals surface area contributed by atoms with E-state index in [0.717, 1.165) is 49.2 Å². The van der Waals surface area contributed by atoms with Crippen LogP contribution in [0.15, 0.2) is 61.1 Å². The molecule has 0 saturated heterocycles. The minimum absolute atomic E-state index is 0.812. The predicted octanol–water partition coefficient (Wildman–Crippen LogP) is 3.51. The summed E-state index contributed by atoms with van der Waals surface area (Å²) in [4.78, 5) is 6.71. The Morgan fingerprint density at radius 3 is 2.59 bits per heavy atom. The third-order valence-corrected chi connectivity index (χ3v) is 5.13. The van der Waals surface area contributed by atoms with Crippen LogP contribution >= 0.6 is 0 Å². The molecule has 1 aliphatic rings. The number of benzene rings is 1. The monoisotopic (exact) mass is 361 g/mol. The molecule has 4 rings (SSSR count). The van der Waals surface area contributed by atoms with Crippen LogP contribution in [0, 0.1) is 0 Å². The summed E-state index contributed by atoms with van der Waals surface area (Å²) in [6.07, 6.45) is 8.51. The van der Waals surface area contributed by atoms with Crippen molar-refractivity contribution in [3.8, 4) is 16.9 Å². The highest BCUT2D eigenvalue weighted by Crippen LogP contribution is 2.26. The average Bonchev–Trinajstić information content (AvgIpc) is 3.48. The Balaban J connectivity index is 1.49. The van der Waals surface area contributed by atoms with Crippen molar-refractivity contribution in [1.82, 2.24) is 25.0 Å². The normalized spacial score (nSPS) is 14.0. The van der Waals surface area contributed by atoms with Gasteiger partial charge in [-0.2, -0.15) is 5.10 Å². The molecule has 0 radical (unpaired) electrons. The van der Waals surface area contributed by atoms with Crippen LogP contribution in [0.1, 0.15) is 25.3 Å². The van der Waals surface area contributed by atoms with Gasteiger partial charge in [-0.1, -0.05) is 25.1 Å². The number of rotatable bonds is 9. The standard InChI is InChI=1S/C22H27N5/c1-2-26(20-8-9-20)15-14-24-16-19-17-27(21-6-4-3-5-7-21)25-22(19)18-10-12-23-13-11-18/h3-7,10-13,17,20,24H,2,8-9,14-16H2,1H3. The second-order valence-electron chi connectivity index (χ2n) is 7.06. The lowest BCUT2D eigenvalue weighted by molar-refractivity contribution is 0.277. The van der Waals surface area contributed by atoms with Crippen molar-refractivity contribution < 1.29 is 0 Å². The molecular weight excluding hydrogens is 334 g/mol. The van der Waals surface area contributed by atoms with Crippen molar-refractivity contribution in [1.29, 1.82) is 0 Å². The smallest absolute Gasteiger partial charge is 0.0973 e. The molecule has 1 saturated carbocycles. The number of aromatic nitrogens is 3. The van der Waals surface area contributed by atoms with Gasteiger partial charge in [0, 0.05) is 55.4 Å². The molecule has 27 heavy (non-hydrogen) atoms. The van der Waals surface area contributed by atoms with E-state index < -0.39 is 0 Å². The molecule has 0 bridgehead atoms. The lowest BCUT2D eigenvalue weighted by atomic mass is 10.1. The summed E-state index contributed by atoms with van der Waals surface area (Å²) >= 11 is 0. The minimum atomic E-state index is 0.812. The first-order valence-corrected chi connectivity index (χ1v) is 9.84. The third-order valence-electron chi connectivity index (χ3n) is 5.13. The summed E-state index contributed by atoms with van der Waals surface area (Å²) in [5, 5.41) is 8.47. The Morgan fingerprint density at radius 1 is 1.11 bits per heavy atom. The van der Waals surface area contributed by atoms with E-state index in [9.17, 15) is 0 Å². The van der Waals surface area contributed by atoms with E-state index in [1.54, 1.807) is 0 Å². The predicted molar refractivity (Wildman–Crippen MR) is 109 cm³/mol. The molecule has 1 aliphatic carbocycles. The summed E-state index contributed by atoms with van der Waals surface area (Å²) < 4.78 is 1.97. The van der Waals surface area contributed by atoms with Crippen LogP contribution in [0.25, 0.3) is 16.9 Å². The Hall–Kier alpha value is -2.50. The topological polar surface area (TPSA) is 46.0 Å². The number of para-hydroxylation sites is 1. The third kappa shape index (κ3) is 4.43. The molecule has 0 spiro atoms. The van der Waals surface area contributed by atoms with Crippen LogP contribution in [-0.2, 0) is 6.54 Å². The maximum Gasteiger partial charge on any atom is 0.0973 e. The summed E-state index contributed by atoms with van der Waals surface area (Å²) in [6, 6.07) is 15.1. The van der Waals surface area contributed by atoms with Gasteiger partial charge in [-0.25, -0.2) is 4.68 Å². The molecule has 5 heteroatoms. The molecule has 3 aromatic rings. The van der Waals surface area contributed by atoms with E-state index in [1.807, 2.05) is 47.4 Å². The fourth-order valence-electron chi connectivity index (χ4n) is 3.49. The first kappa shape index (κ1) is 17.9. The van der Waals surface area contributed by atoms with Crippen LogP contribution in [0.5, 0.6) is 0 Å². The fourth-order valence-corrected chi connectivity index (χ4v) is 3.49. The van der Waals surface area contributed by atoms with E-state index in [4.69, 9.17) is 5.10 Å². The Labute approximate surface area is 161 Å². The highest BCUT2D eigenvalue weighted by molar-refractivity contribution is 5.62. The minimum Gasteiger partial charge on any atom is -0.311 e. The summed E-state index contributed by atoms with van der Waals surface area (Å²) in [5.41, 5.74) is 4.40. The second kappa shape index (κ2) is 8.46. The lowest BCUT2D eigenvalue weighted by Gasteiger charge is -2.19. The zero-order valence-corrected chi connectivity index (χ0v) is 15.9. The summed E-state index contributed by atoms with van der Waals surface area (Å²) in [7, 11) is 0. The molecule has 2 aromatic heterocycles. The SMILES string of the molecule is CCN(CCNCc1cn(-c2ccccc2)nc1-c1ccncc1)C1CC1. The van der Waals surface area contributed by atoms with Crippen LogP contribution in [0.4, 0.5) is 0 Å². The van der Waals surface area contributed by atoms with Gasteiger partial charge in [0.15, 0.2) is 0 Å². The zero-order valence-electron chi connectivity index (χ0n) is 15.9. The van der Waals surface area contributed by atoms with Gasteiger partial charge in [-0.05, 0) is 43.7 Å². The van der Waals surface area contributed by atoms with Gasteiger partial charge in [0.05, 0.1) is 11.4 Å². The van der Waals surface area contributed by atoms with Crippen molar-refractivity contribution in [2.24, 2.45) is 0 Å². The second-order valence-corrected chi connectivity index (χ2v) is 7.06. The molecule has 5 nitrogen and oxygen atoms in total. The molecule has 0 atom stereocenters. The van der Waals surface area contributed by atoms with Gasteiger partial charge in [0.25, 0.3) is 0 Å². The Morgan fingerprint density at radius 2 is 1.89 bits per heavy atom. The molecular formula is C22H27N5. The average molecular weight is 361 g/mol. The molecule has 140 valence electrons. The van der Waals surface area contributed by atoms with E-state index in [2.05, 4.69) is 40.5 Å². The van der Waals surface area contributed by atoms with Gasteiger partial charge >= 0.3 is 0 Å². The maximum absolute atomic E-state index is 4.86. The number of pyridine rings is 1. The highest BCUT2D eigenvalue weighted by atomic mass is 15.3. The Bertz CT molecular complexity index is 840. The van der Waals surface area contributed by atoms with Crippen LogP contribution in [0.2, 0.25) is 0 Å². The van der Waals surface area contributed by atoms with Crippen molar-refractivity contribution >= 4 is 0 Å². The van der Waals surface area contributed by atoms with Gasteiger partial charge < -0.3 is 5.32 Å². The summed E-state index contributed by atoms with van der Waals surface area (Å²) in [5.74, 6) is 0. The molecule has 1 aromatic carbocycles. The van der Waals surface area contributed by atoms with Crippen molar-refractivity contribution in [2.45, 2.75) is 32.4 Å². The molecule has 0 aliphatic heterocycles. The van der Waals surface area contributed by atoms with Crippen molar-refractivity contribution in [3.63, 3.8) is 0 Å². The van der Waals surface area contributed by atoms with Crippen LogP contribution in [-0.4, -0.2) is 45.3 Å². The first-order valence-electron chi connectivity index (χ1n) is 9.84. The van der Waals surface area contributed by atoms with Crippen molar-refractivity contribution in [2.75, 3.05) is 19.6 Å². The maximum atomic E-state index is 4.86. The van der Waals surface area contributed by atoms with Gasteiger partial charge in [-0.15, -0.1) is 0 Å². The van der Waals surface area contributed by atoms with E-state index in [-0.39, 0.29) is 0 Å². The lowest BCUT2D eigenvalue weighted by Crippen LogP contribution is -2.33. The van der Waals surface area contributed by atoms with Crippen molar-refractivity contribution in [3.05, 3.63) is 66.6 Å². The largest absolute Gasteiger partial charge is 0.311 e. The number of likely N-dealkylation sites (N-methyl/N-ethyl adjacent to an activating group) is 1. The number of nitrogens with one attached hydrogen (secondary N) is 1. The molecule has 2 heterocycles. The number of hydrogen-bond donors (Lipinski definition) is 1. The quantitative estimate of drug-likeness (QED) is 0.593. The van der Waals surface area contributed by atoms with Crippen LogP contribution < -0.4 is 5.32 Å². The van der Waals surface area contributed by atoms with E-state index >= 15 is 0 Å². The highest BCUT2D eigenvalue weighted by Gasteiger charge is 2.27. The van der Waals surface area contributed by atoms with Gasteiger partial charge in [-0.3, -0.25) is 9.88 Å². The molecule has 0 unspecified atom stereocenters. The Kier molecular flexibility index (Phi) is 5.61.